The highest BCUT2D eigenvalue weighted by atomic mass is 32.1. The molecule has 0 spiro atoms. The second-order valence-corrected chi connectivity index (χ2v) is 9.27. The van der Waals surface area contributed by atoms with E-state index in [1.807, 2.05) is 51.1 Å². The maximum atomic E-state index is 13.1. The Balaban J connectivity index is 1.59. The van der Waals surface area contributed by atoms with E-state index in [1.165, 1.54) is 16.2 Å². The minimum absolute atomic E-state index is 0.0234. The maximum Gasteiger partial charge on any atom is 0.278 e. The second-order valence-electron chi connectivity index (χ2n) is 8.16. The number of thiophene rings is 1. The molecule has 1 aromatic carbocycles. The fourth-order valence-corrected chi connectivity index (χ4v) is 5.15. The molecule has 0 bridgehead atoms. The first-order chi connectivity index (χ1) is 14.9. The van der Waals surface area contributed by atoms with Gasteiger partial charge in [-0.25, -0.2) is 4.68 Å². The van der Waals surface area contributed by atoms with Gasteiger partial charge in [0.05, 0.1) is 17.8 Å². The van der Waals surface area contributed by atoms with Crippen LogP contribution in [0.1, 0.15) is 69.2 Å². The predicted octanol–water partition coefficient (Wildman–Crippen LogP) is 3.97. The molecule has 2 heterocycles. The lowest BCUT2D eigenvalue weighted by Crippen LogP contribution is -2.31. The van der Waals surface area contributed by atoms with E-state index in [9.17, 15) is 9.59 Å². The van der Waals surface area contributed by atoms with Gasteiger partial charge >= 0.3 is 0 Å². The number of aryl methyl sites for hydroxylation is 1. The highest BCUT2D eigenvalue weighted by Gasteiger charge is 2.28. The van der Waals surface area contributed by atoms with Crippen molar-refractivity contribution in [3.05, 3.63) is 63.3 Å². The van der Waals surface area contributed by atoms with Crippen LogP contribution >= 0.6 is 11.3 Å². The van der Waals surface area contributed by atoms with Crippen molar-refractivity contribution in [3.8, 4) is 0 Å². The normalized spacial score (nSPS) is 13.2. The highest BCUT2D eigenvalue weighted by Crippen LogP contribution is 2.38. The van der Waals surface area contributed by atoms with Gasteiger partial charge in [0.15, 0.2) is 5.69 Å². The van der Waals surface area contributed by atoms with Crippen molar-refractivity contribution in [2.24, 2.45) is 0 Å². The number of benzene rings is 1. The minimum Gasteiger partial charge on any atom is -0.350 e. The SMILES string of the molecule is Cc1c(C(=O)Nc2sc3c(c2C(=O)NC(C)C)CCCC3)nnn1Cc1ccccc1. The first-order valence-corrected chi connectivity index (χ1v) is 11.5. The van der Waals surface area contributed by atoms with Crippen LogP contribution in [0.2, 0.25) is 0 Å². The second kappa shape index (κ2) is 9.01. The average molecular weight is 438 g/mol. The largest absolute Gasteiger partial charge is 0.350 e. The number of nitrogens with one attached hydrogen (secondary N) is 2. The number of carbonyl (C=O) groups is 2. The third-order valence-electron chi connectivity index (χ3n) is 5.42. The monoisotopic (exact) mass is 437 g/mol. The van der Waals surface area contributed by atoms with Crippen molar-refractivity contribution in [1.29, 1.82) is 0 Å². The number of fused-ring (bicyclic) bond motifs is 1. The van der Waals surface area contributed by atoms with Crippen molar-refractivity contribution < 1.29 is 9.59 Å². The van der Waals surface area contributed by atoms with E-state index in [2.05, 4.69) is 20.9 Å². The van der Waals surface area contributed by atoms with Gasteiger partial charge in [-0.2, -0.15) is 0 Å². The summed E-state index contributed by atoms with van der Waals surface area (Å²) in [7, 11) is 0. The molecule has 0 radical (unpaired) electrons. The molecular weight excluding hydrogens is 410 g/mol. The summed E-state index contributed by atoms with van der Waals surface area (Å²) in [5, 5.41) is 14.8. The molecule has 3 aromatic rings. The van der Waals surface area contributed by atoms with Crippen molar-refractivity contribution in [2.75, 3.05) is 5.32 Å². The number of hydrogen-bond acceptors (Lipinski definition) is 5. The van der Waals surface area contributed by atoms with Crippen molar-refractivity contribution >= 4 is 28.2 Å². The Labute approximate surface area is 185 Å². The summed E-state index contributed by atoms with van der Waals surface area (Å²) in [6.07, 6.45) is 3.99. The molecule has 0 fully saturated rings. The summed E-state index contributed by atoms with van der Waals surface area (Å²) in [6, 6.07) is 9.95. The van der Waals surface area contributed by atoms with Gasteiger partial charge in [0.25, 0.3) is 11.8 Å². The lowest BCUT2D eigenvalue weighted by molar-refractivity contribution is 0.0943. The van der Waals surface area contributed by atoms with Crippen LogP contribution < -0.4 is 10.6 Å². The Bertz CT molecular complexity index is 1100. The lowest BCUT2D eigenvalue weighted by atomic mass is 9.95. The van der Waals surface area contributed by atoms with Gasteiger partial charge in [0, 0.05) is 10.9 Å². The van der Waals surface area contributed by atoms with Crippen LogP contribution in [0.5, 0.6) is 0 Å². The molecule has 2 N–H and O–H groups in total. The van der Waals surface area contributed by atoms with Crippen LogP contribution in [0.3, 0.4) is 0 Å². The Morgan fingerprint density at radius 3 is 2.61 bits per heavy atom. The van der Waals surface area contributed by atoms with E-state index in [4.69, 9.17) is 0 Å². The first kappa shape index (κ1) is 21.2. The summed E-state index contributed by atoms with van der Waals surface area (Å²) in [6.45, 7) is 6.25. The van der Waals surface area contributed by atoms with Gasteiger partial charge in [-0.15, -0.1) is 16.4 Å². The van der Waals surface area contributed by atoms with Gasteiger partial charge in [0.1, 0.15) is 5.00 Å². The summed E-state index contributed by atoms with van der Waals surface area (Å²) < 4.78 is 1.72. The molecule has 1 aliphatic carbocycles. The quantitative estimate of drug-likeness (QED) is 0.611. The van der Waals surface area contributed by atoms with Crippen LogP contribution in [0.15, 0.2) is 30.3 Å². The van der Waals surface area contributed by atoms with E-state index >= 15 is 0 Å². The standard InChI is InChI=1S/C23H27N5O2S/c1-14(2)24-21(29)19-17-11-7-8-12-18(17)31-23(19)25-22(30)20-15(3)28(27-26-20)13-16-9-5-4-6-10-16/h4-6,9-10,14H,7-8,11-13H2,1-3H3,(H,24,29)(H,25,30). The summed E-state index contributed by atoms with van der Waals surface area (Å²) >= 11 is 1.51. The van der Waals surface area contributed by atoms with Crippen LogP contribution in [0.4, 0.5) is 5.00 Å². The summed E-state index contributed by atoms with van der Waals surface area (Å²) in [4.78, 5) is 27.2. The zero-order valence-corrected chi connectivity index (χ0v) is 18.9. The Morgan fingerprint density at radius 2 is 1.87 bits per heavy atom. The van der Waals surface area contributed by atoms with Crippen LogP contribution in [-0.4, -0.2) is 32.9 Å². The zero-order valence-electron chi connectivity index (χ0n) is 18.1. The fourth-order valence-electron chi connectivity index (χ4n) is 3.87. The number of nitrogens with zero attached hydrogens (tertiary/aromatic N) is 3. The molecule has 8 heteroatoms. The van der Waals surface area contributed by atoms with E-state index in [0.29, 0.717) is 22.8 Å². The van der Waals surface area contributed by atoms with Crippen LogP contribution in [0, 0.1) is 6.92 Å². The molecule has 0 saturated carbocycles. The van der Waals surface area contributed by atoms with Gasteiger partial charge in [0.2, 0.25) is 0 Å². The van der Waals surface area contributed by atoms with Crippen molar-refractivity contribution in [2.45, 2.75) is 59.0 Å². The van der Waals surface area contributed by atoms with Gasteiger partial charge in [-0.05, 0) is 57.6 Å². The molecule has 1 aliphatic rings. The number of aromatic nitrogens is 3. The van der Waals surface area contributed by atoms with E-state index in [0.717, 1.165) is 36.8 Å². The van der Waals surface area contributed by atoms with Crippen molar-refractivity contribution in [3.63, 3.8) is 0 Å². The van der Waals surface area contributed by atoms with Gasteiger partial charge in [-0.1, -0.05) is 35.5 Å². The molecule has 162 valence electrons. The number of anilines is 1. The highest BCUT2D eigenvalue weighted by molar-refractivity contribution is 7.17. The van der Waals surface area contributed by atoms with E-state index < -0.39 is 0 Å². The molecule has 0 atom stereocenters. The zero-order chi connectivity index (χ0) is 22.0. The van der Waals surface area contributed by atoms with E-state index in [-0.39, 0.29) is 23.6 Å². The van der Waals surface area contributed by atoms with E-state index in [1.54, 1.807) is 4.68 Å². The average Bonchev–Trinajstić information content (AvgIpc) is 3.28. The van der Waals surface area contributed by atoms with Gasteiger partial charge < -0.3 is 10.6 Å². The Hall–Kier alpha value is -3.00. The van der Waals surface area contributed by atoms with Crippen LogP contribution in [-0.2, 0) is 19.4 Å². The molecule has 2 amide bonds. The van der Waals surface area contributed by atoms with Crippen molar-refractivity contribution in [1.82, 2.24) is 20.3 Å². The smallest absolute Gasteiger partial charge is 0.278 e. The van der Waals surface area contributed by atoms with Crippen LogP contribution in [0.25, 0.3) is 0 Å². The molecule has 7 nitrogen and oxygen atoms in total. The molecule has 4 rings (SSSR count). The third kappa shape index (κ3) is 4.54. The Morgan fingerprint density at radius 1 is 1.13 bits per heavy atom. The number of amides is 2. The molecule has 0 aliphatic heterocycles. The number of hydrogen-bond donors (Lipinski definition) is 2. The number of carbonyl (C=O) groups excluding carboxylic acids is 2. The predicted molar refractivity (Wildman–Crippen MR) is 122 cm³/mol. The van der Waals surface area contributed by atoms with Gasteiger partial charge in [-0.3, -0.25) is 9.59 Å². The molecule has 0 saturated heterocycles. The Kier molecular flexibility index (Phi) is 6.18. The lowest BCUT2D eigenvalue weighted by Gasteiger charge is -2.14. The summed E-state index contributed by atoms with van der Waals surface area (Å²) in [5.74, 6) is -0.469. The molecular formula is C23H27N5O2S. The number of rotatable bonds is 6. The molecule has 0 unspecified atom stereocenters. The third-order valence-corrected chi connectivity index (χ3v) is 6.63. The molecule has 31 heavy (non-hydrogen) atoms. The summed E-state index contributed by atoms with van der Waals surface area (Å²) in [5.41, 5.74) is 3.74. The fraction of sp³-hybridized carbons (Fsp3) is 0.391. The topological polar surface area (TPSA) is 88.9 Å². The minimum atomic E-state index is -0.339. The first-order valence-electron chi connectivity index (χ1n) is 10.6. The molecule has 2 aromatic heterocycles. The maximum absolute atomic E-state index is 13.1.